The molecule has 0 fully saturated rings. The van der Waals surface area contributed by atoms with Crippen molar-refractivity contribution in [2.45, 2.75) is 0 Å². The number of ether oxygens (including phenoxy) is 2. The first-order valence-electron chi connectivity index (χ1n) is 4.96. The van der Waals surface area contributed by atoms with Crippen LogP contribution in [0.1, 0.15) is 5.82 Å². The third-order valence-corrected chi connectivity index (χ3v) is 2.39. The molecule has 1 aromatic carbocycles. The second-order valence-corrected chi connectivity index (χ2v) is 3.66. The van der Waals surface area contributed by atoms with E-state index in [2.05, 4.69) is 9.97 Å². The number of nitriles is 1. The van der Waals surface area contributed by atoms with Gasteiger partial charge in [-0.15, -0.1) is 0 Å². The normalized spacial score (nSPS) is 9.61. The maximum Gasteiger partial charge on any atom is 0.232 e. The van der Waals surface area contributed by atoms with Crippen LogP contribution < -0.4 is 9.47 Å². The molecule has 2 rings (SSSR count). The second kappa shape index (κ2) is 5.34. The molecule has 0 amide bonds. The highest BCUT2D eigenvalue weighted by molar-refractivity contribution is 6.32. The van der Waals surface area contributed by atoms with Crippen molar-refractivity contribution >= 4 is 11.6 Å². The average molecular weight is 262 g/mol. The van der Waals surface area contributed by atoms with Crippen molar-refractivity contribution in [1.82, 2.24) is 9.97 Å². The Morgan fingerprint density at radius 1 is 1.22 bits per heavy atom. The summed E-state index contributed by atoms with van der Waals surface area (Å²) in [6.45, 7) is 0. The summed E-state index contributed by atoms with van der Waals surface area (Å²) in [6.07, 6.45) is 2.82. The lowest BCUT2D eigenvalue weighted by atomic mass is 10.3. The quantitative estimate of drug-likeness (QED) is 0.850. The van der Waals surface area contributed by atoms with Crippen LogP contribution in [0.5, 0.6) is 17.2 Å². The minimum absolute atomic E-state index is 0.0863. The van der Waals surface area contributed by atoms with E-state index in [1.54, 1.807) is 25.3 Å². The van der Waals surface area contributed by atoms with Crippen LogP contribution in [0.4, 0.5) is 0 Å². The van der Waals surface area contributed by atoms with Crippen LogP contribution in [-0.2, 0) is 0 Å². The molecule has 1 heterocycles. The van der Waals surface area contributed by atoms with Crippen molar-refractivity contribution < 1.29 is 9.47 Å². The Bertz CT molecular complexity index is 593. The van der Waals surface area contributed by atoms with E-state index in [1.165, 1.54) is 12.4 Å². The predicted molar refractivity (Wildman–Crippen MR) is 64.8 cm³/mol. The van der Waals surface area contributed by atoms with E-state index in [4.69, 9.17) is 26.3 Å². The van der Waals surface area contributed by atoms with Gasteiger partial charge in [-0.3, -0.25) is 0 Å². The molecular formula is C12H8ClN3O2. The summed E-state index contributed by atoms with van der Waals surface area (Å²) in [5.74, 6) is 1.60. The number of methoxy groups -OCH3 is 1. The van der Waals surface area contributed by atoms with Gasteiger partial charge in [0.15, 0.2) is 5.75 Å². The zero-order valence-corrected chi connectivity index (χ0v) is 10.2. The van der Waals surface area contributed by atoms with E-state index >= 15 is 0 Å². The molecule has 6 heteroatoms. The van der Waals surface area contributed by atoms with Gasteiger partial charge in [-0.05, 0) is 12.1 Å². The largest absolute Gasteiger partial charge is 0.497 e. The number of benzene rings is 1. The van der Waals surface area contributed by atoms with Crippen LogP contribution in [0.15, 0.2) is 30.6 Å². The Balaban J connectivity index is 2.20. The molecule has 0 spiro atoms. The summed E-state index contributed by atoms with van der Waals surface area (Å²) in [6, 6.07) is 6.87. The fourth-order valence-electron chi connectivity index (χ4n) is 1.24. The van der Waals surface area contributed by atoms with Crippen LogP contribution >= 0.6 is 11.6 Å². The molecule has 0 aliphatic heterocycles. The van der Waals surface area contributed by atoms with Crippen molar-refractivity contribution in [3.8, 4) is 23.3 Å². The van der Waals surface area contributed by atoms with E-state index in [-0.39, 0.29) is 5.82 Å². The van der Waals surface area contributed by atoms with Crippen LogP contribution in [0.2, 0.25) is 5.02 Å². The van der Waals surface area contributed by atoms with Crippen LogP contribution in [-0.4, -0.2) is 17.1 Å². The monoisotopic (exact) mass is 261 g/mol. The summed E-state index contributed by atoms with van der Waals surface area (Å²) in [7, 11) is 1.56. The van der Waals surface area contributed by atoms with E-state index in [1.807, 2.05) is 6.07 Å². The Labute approximate surface area is 109 Å². The van der Waals surface area contributed by atoms with E-state index < -0.39 is 0 Å². The van der Waals surface area contributed by atoms with E-state index in [0.29, 0.717) is 22.3 Å². The fourth-order valence-corrected chi connectivity index (χ4v) is 1.45. The van der Waals surface area contributed by atoms with Crippen LogP contribution in [0.25, 0.3) is 0 Å². The van der Waals surface area contributed by atoms with Crippen molar-refractivity contribution in [2.75, 3.05) is 7.11 Å². The summed E-state index contributed by atoms with van der Waals surface area (Å²) in [5.41, 5.74) is 0. The summed E-state index contributed by atoms with van der Waals surface area (Å²) in [5, 5.41) is 8.98. The number of nitrogens with zero attached hydrogens (tertiary/aromatic N) is 3. The third kappa shape index (κ3) is 2.67. The van der Waals surface area contributed by atoms with Crippen molar-refractivity contribution in [3.05, 3.63) is 41.4 Å². The van der Waals surface area contributed by atoms with Gasteiger partial charge in [-0.2, -0.15) is 5.26 Å². The maximum atomic E-state index is 8.57. The van der Waals surface area contributed by atoms with Crippen molar-refractivity contribution in [2.24, 2.45) is 0 Å². The lowest BCUT2D eigenvalue weighted by Crippen LogP contribution is -1.91. The Morgan fingerprint density at radius 3 is 2.50 bits per heavy atom. The van der Waals surface area contributed by atoms with Gasteiger partial charge in [-0.25, -0.2) is 9.97 Å². The van der Waals surface area contributed by atoms with Crippen molar-refractivity contribution in [3.63, 3.8) is 0 Å². The zero-order valence-electron chi connectivity index (χ0n) is 9.42. The summed E-state index contributed by atoms with van der Waals surface area (Å²) < 4.78 is 10.5. The number of hydrogen-bond donors (Lipinski definition) is 0. The van der Waals surface area contributed by atoms with Crippen LogP contribution in [0, 0.1) is 11.3 Å². The van der Waals surface area contributed by atoms with Gasteiger partial charge in [0.2, 0.25) is 5.82 Å². The van der Waals surface area contributed by atoms with Gasteiger partial charge in [0.25, 0.3) is 0 Å². The highest BCUT2D eigenvalue weighted by atomic mass is 35.5. The molecule has 0 aliphatic rings. The lowest BCUT2D eigenvalue weighted by Gasteiger charge is -2.08. The number of hydrogen-bond acceptors (Lipinski definition) is 5. The maximum absolute atomic E-state index is 8.57. The Kier molecular flexibility index (Phi) is 3.60. The SMILES string of the molecule is COc1ccc(Oc2cnc(C#N)nc2)c(Cl)c1. The van der Waals surface area contributed by atoms with Gasteiger partial charge >= 0.3 is 0 Å². The first-order chi connectivity index (χ1) is 8.72. The number of rotatable bonds is 3. The van der Waals surface area contributed by atoms with Gasteiger partial charge in [0.05, 0.1) is 24.5 Å². The van der Waals surface area contributed by atoms with E-state index in [0.717, 1.165) is 0 Å². The minimum atomic E-state index is 0.0863. The van der Waals surface area contributed by atoms with Gasteiger partial charge in [0, 0.05) is 6.07 Å². The van der Waals surface area contributed by atoms with Crippen LogP contribution in [0.3, 0.4) is 0 Å². The third-order valence-electron chi connectivity index (χ3n) is 2.10. The molecule has 0 saturated heterocycles. The molecular weight excluding hydrogens is 254 g/mol. The molecule has 0 aliphatic carbocycles. The first-order valence-corrected chi connectivity index (χ1v) is 5.34. The zero-order chi connectivity index (χ0) is 13.0. The molecule has 0 atom stereocenters. The lowest BCUT2D eigenvalue weighted by molar-refractivity contribution is 0.412. The molecule has 5 nitrogen and oxygen atoms in total. The molecule has 2 aromatic rings. The molecule has 18 heavy (non-hydrogen) atoms. The molecule has 0 bridgehead atoms. The highest BCUT2D eigenvalue weighted by Gasteiger charge is 2.05. The fraction of sp³-hybridized carbons (Fsp3) is 0.0833. The van der Waals surface area contributed by atoms with Crippen molar-refractivity contribution in [1.29, 1.82) is 5.26 Å². The van der Waals surface area contributed by atoms with E-state index in [9.17, 15) is 0 Å². The van der Waals surface area contributed by atoms with Gasteiger partial charge in [0.1, 0.15) is 17.6 Å². The predicted octanol–water partition coefficient (Wildman–Crippen LogP) is 2.80. The molecule has 1 aromatic heterocycles. The molecule has 0 unspecified atom stereocenters. The topological polar surface area (TPSA) is 68.0 Å². The standard InChI is InChI=1S/C12H8ClN3O2/c1-17-8-2-3-11(10(13)4-8)18-9-6-15-12(5-14)16-7-9/h2-4,6-7H,1H3. The Morgan fingerprint density at radius 2 is 1.94 bits per heavy atom. The smallest absolute Gasteiger partial charge is 0.232 e. The van der Waals surface area contributed by atoms with Gasteiger partial charge in [-0.1, -0.05) is 11.6 Å². The minimum Gasteiger partial charge on any atom is -0.497 e. The summed E-state index contributed by atoms with van der Waals surface area (Å²) >= 11 is 6.02. The summed E-state index contributed by atoms with van der Waals surface area (Å²) in [4.78, 5) is 7.58. The second-order valence-electron chi connectivity index (χ2n) is 3.25. The molecule has 0 N–H and O–H groups in total. The average Bonchev–Trinajstić information content (AvgIpc) is 2.42. The molecule has 0 radical (unpaired) electrons. The Hall–Kier alpha value is -2.32. The van der Waals surface area contributed by atoms with Gasteiger partial charge < -0.3 is 9.47 Å². The molecule has 0 saturated carbocycles. The number of aromatic nitrogens is 2. The number of halogens is 1. The highest BCUT2D eigenvalue weighted by Crippen LogP contribution is 2.31. The molecule has 90 valence electrons. The first kappa shape index (κ1) is 12.1.